The highest BCUT2D eigenvalue weighted by Gasteiger charge is 2.21. The van der Waals surface area contributed by atoms with Crippen molar-refractivity contribution in [3.05, 3.63) is 33.0 Å². The van der Waals surface area contributed by atoms with Gasteiger partial charge in [-0.05, 0) is 6.92 Å². The van der Waals surface area contributed by atoms with E-state index in [-0.39, 0.29) is 24.4 Å². The molecule has 1 aliphatic rings. The zero-order valence-electron chi connectivity index (χ0n) is 13.0. The maximum absolute atomic E-state index is 12.3. The highest BCUT2D eigenvalue weighted by atomic mass is 35.5. The minimum absolute atomic E-state index is 0. The maximum atomic E-state index is 12.3. The van der Waals surface area contributed by atoms with Crippen molar-refractivity contribution in [3.63, 3.8) is 0 Å². The second-order valence-corrected chi connectivity index (χ2v) is 6.08. The summed E-state index contributed by atoms with van der Waals surface area (Å²) in [7, 11) is 1.66. The highest BCUT2D eigenvalue weighted by Crippen LogP contribution is 2.20. The summed E-state index contributed by atoms with van der Waals surface area (Å²) < 4.78 is 5.24. The summed E-state index contributed by atoms with van der Waals surface area (Å²) in [5.41, 5.74) is 3.33. The number of halogens is 1. The van der Waals surface area contributed by atoms with Gasteiger partial charge < -0.3 is 15.4 Å². The molecule has 1 unspecified atom stereocenters. The van der Waals surface area contributed by atoms with E-state index >= 15 is 0 Å². The number of hydrogen-bond acceptors (Lipinski definition) is 6. The van der Waals surface area contributed by atoms with E-state index in [4.69, 9.17) is 4.74 Å². The first-order chi connectivity index (χ1) is 10.7. The molecule has 2 aromatic heterocycles. The van der Waals surface area contributed by atoms with E-state index in [1.165, 1.54) is 11.3 Å². The molecule has 1 amide bonds. The number of carbonyl (C=O) groups excluding carboxylic acids is 1. The summed E-state index contributed by atoms with van der Waals surface area (Å²) in [5, 5.41) is 16.1. The van der Waals surface area contributed by atoms with Crippen molar-refractivity contribution in [1.29, 1.82) is 0 Å². The average molecular weight is 358 g/mol. The number of nitrogens with one attached hydrogen (secondary N) is 3. The van der Waals surface area contributed by atoms with Crippen LogP contribution in [0.2, 0.25) is 0 Å². The Morgan fingerprint density at radius 3 is 3.17 bits per heavy atom. The lowest BCUT2D eigenvalue weighted by Gasteiger charge is -2.12. The molecule has 0 bridgehead atoms. The molecule has 3 N–H and O–H groups in total. The molecule has 0 saturated carbocycles. The van der Waals surface area contributed by atoms with Gasteiger partial charge in [-0.25, -0.2) is 4.98 Å². The molecule has 1 aliphatic heterocycles. The van der Waals surface area contributed by atoms with Crippen LogP contribution in [0.15, 0.2) is 5.38 Å². The van der Waals surface area contributed by atoms with Crippen LogP contribution in [0.5, 0.6) is 0 Å². The number of thiazole rings is 1. The van der Waals surface area contributed by atoms with E-state index in [1.807, 2.05) is 12.3 Å². The molecule has 0 aliphatic carbocycles. The van der Waals surface area contributed by atoms with Crippen LogP contribution in [0, 0.1) is 0 Å². The van der Waals surface area contributed by atoms with Crippen molar-refractivity contribution in [3.8, 4) is 0 Å². The number of aromatic amines is 1. The standard InChI is InChI=1S/C14H19N5O2S.ClH/c1-8(21-2)14-17-9(7-22-14)5-16-13(20)12-10-6-15-4-3-11(10)18-19-12;/h7-8,15H,3-6H2,1-2H3,(H,16,20)(H,18,19);1H. The number of carbonyl (C=O) groups is 1. The molecule has 23 heavy (non-hydrogen) atoms. The molecule has 0 fully saturated rings. The van der Waals surface area contributed by atoms with Crippen molar-refractivity contribution >= 4 is 29.7 Å². The summed E-state index contributed by atoms with van der Waals surface area (Å²) in [6.07, 6.45) is 0.846. The molecule has 9 heteroatoms. The van der Waals surface area contributed by atoms with Crippen LogP contribution in [-0.2, 0) is 24.2 Å². The van der Waals surface area contributed by atoms with Crippen molar-refractivity contribution in [2.75, 3.05) is 13.7 Å². The molecule has 1 atom stereocenters. The Morgan fingerprint density at radius 1 is 1.57 bits per heavy atom. The average Bonchev–Trinajstić information content (AvgIpc) is 3.18. The minimum Gasteiger partial charge on any atom is -0.375 e. The molecular weight excluding hydrogens is 338 g/mol. The van der Waals surface area contributed by atoms with Crippen LogP contribution in [0.25, 0.3) is 0 Å². The number of rotatable bonds is 5. The second-order valence-electron chi connectivity index (χ2n) is 5.19. The first kappa shape index (κ1) is 17.9. The number of amides is 1. The Kier molecular flexibility index (Phi) is 6.11. The van der Waals surface area contributed by atoms with Gasteiger partial charge in [0.1, 0.15) is 11.1 Å². The first-order valence-electron chi connectivity index (χ1n) is 7.21. The number of ether oxygens (including phenoxy) is 1. The number of fused-ring (bicyclic) bond motifs is 1. The van der Waals surface area contributed by atoms with Gasteiger partial charge in [-0.2, -0.15) is 5.10 Å². The van der Waals surface area contributed by atoms with E-state index in [2.05, 4.69) is 25.8 Å². The van der Waals surface area contributed by atoms with Crippen LogP contribution in [0.1, 0.15) is 45.5 Å². The molecule has 3 heterocycles. The molecule has 3 rings (SSSR count). The van der Waals surface area contributed by atoms with Crippen LogP contribution in [0.3, 0.4) is 0 Å². The van der Waals surface area contributed by atoms with Crippen molar-refractivity contribution < 1.29 is 9.53 Å². The zero-order chi connectivity index (χ0) is 15.5. The van der Waals surface area contributed by atoms with Gasteiger partial charge in [0.05, 0.1) is 12.2 Å². The van der Waals surface area contributed by atoms with Gasteiger partial charge in [0.2, 0.25) is 0 Å². The number of H-pyrrole nitrogens is 1. The van der Waals surface area contributed by atoms with Crippen LogP contribution in [-0.4, -0.2) is 34.7 Å². The Morgan fingerprint density at radius 2 is 2.39 bits per heavy atom. The van der Waals surface area contributed by atoms with Crippen molar-refractivity contribution in [2.24, 2.45) is 0 Å². The van der Waals surface area contributed by atoms with E-state index < -0.39 is 0 Å². The SMILES string of the molecule is COC(C)c1nc(CNC(=O)c2n[nH]c3c2CNCC3)cs1.Cl. The fraction of sp³-hybridized carbons (Fsp3) is 0.500. The van der Waals surface area contributed by atoms with Gasteiger partial charge in [-0.15, -0.1) is 23.7 Å². The van der Waals surface area contributed by atoms with Crippen LogP contribution in [0.4, 0.5) is 0 Å². The lowest BCUT2D eigenvalue weighted by atomic mass is 10.1. The predicted octanol–water partition coefficient (Wildman–Crippen LogP) is 1.57. The largest absolute Gasteiger partial charge is 0.375 e. The van der Waals surface area contributed by atoms with E-state index in [1.54, 1.807) is 7.11 Å². The third kappa shape index (κ3) is 3.89. The fourth-order valence-corrected chi connectivity index (χ4v) is 3.21. The monoisotopic (exact) mass is 357 g/mol. The van der Waals surface area contributed by atoms with Gasteiger partial charge in [-0.3, -0.25) is 9.89 Å². The molecule has 0 radical (unpaired) electrons. The molecule has 126 valence electrons. The lowest BCUT2D eigenvalue weighted by Crippen LogP contribution is -2.28. The highest BCUT2D eigenvalue weighted by molar-refractivity contribution is 7.09. The molecule has 7 nitrogen and oxygen atoms in total. The molecule has 0 aromatic carbocycles. The third-order valence-electron chi connectivity index (χ3n) is 3.72. The number of methoxy groups -OCH3 is 1. The quantitative estimate of drug-likeness (QED) is 0.755. The topological polar surface area (TPSA) is 91.9 Å². The summed E-state index contributed by atoms with van der Waals surface area (Å²) in [5.74, 6) is -0.171. The third-order valence-corrected chi connectivity index (χ3v) is 4.78. The fourth-order valence-electron chi connectivity index (χ4n) is 2.36. The maximum Gasteiger partial charge on any atom is 0.272 e. The summed E-state index contributed by atoms with van der Waals surface area (Å²) in [6, 6.07) is 0. The van der Waals surface area contributed by atoms with Gasteiger partial charge in [0.25, 0.3) is 5.91 Å². The van der Waals surface area contributed by atoms with Crippen molar-refractivity contribution in [2.45, 2.75) is 32.5 Å². The lowest BCUT2D eigenvalue weighted by molar-refractivity contribution is 0.0944. The normalized spacial score (nSPS) is 14.7. The summed E-state index contributed by atoms with van der Waals surface area (Å²) >= 11 is 1.54. The summed E-state index contributed by atoms with van der Waals surface area (Å²) in [4.78, 5) is 16.7. The predicted molar refractivity (Wildman–Crippen MR) is 90.0 cm³/mol. The van der Waals surface area contributed by atoms with E-state index in [0.717, 1.165) is 34.9 Å². The van der Waals surface area contributed by atoms with Crippen molar-refractivity contribution in [1.82, 2.24) is 25.8 Å². The first-order valence-corrected chi connectivity index (χ1v) is 8.09. The van der Waals surface area contributed by atoms with Gasteiger partial charge >= 0.3 is 0 Å². The number of hydrogen-bond donors (Lipinski definition) is 3. The molecular formula is C14H20ClN5O2S. The smallest absolute Gasteiger partial charge is 0.272 e. The summed E-state index contributed by atoms with van der Waals surface area (Å²) in [6.45, 7) is 3.93. The van der Waals surface area contributed by atoms with Gasteiger partial charge in [-0.1, -0.05) is 0 Å². The Labute approximate surface area is 144 Å². The van der Waals surface area contributed by atoms with E-state index in [0.29, 0.717) is 18.8 Å². The Hall–Kier alpha value is -1.48. The van der Waals surface area contributed by atoms with Gasteiger partial charge in [0.15, 0.2) is 5.69 Å². The Balaban J connectivity index is 0.00000192. The Bertz CT molecular complexity index is 672. The van der Waals surface area contributed by atoms with Crippen LogP contribution >= 0.6 is 23.7 Å². The molecule has 2 aromatic rings. The second kappa shape index (κ2) is 7.87. The number of aromatic nitrogens is 3. The van der Waals surface area contributed by atoms with Gasteiger partial charge in [0, 0.05) is 43.3 Å². The molecule has 0 spiro atoms. The minimum atomic E-state index is -0.171. The zero-order valence-corrected chi connectivity index (χ0v) is 14.6. The molecule has 0 saturated heterocycles. The van der Waals surface area contributed by atoms with E-state index in [9.17, 15) is 4.79 Å². The number of nitrogens with zero attached hydrogens (tertiary/aromatic N) is 2. The van der Waals surface area contributed by atoms with Crippen LogP contribution < -0.4 is 10.6 Å².